The number of halogens is 3. The lowest BCUT2D eigenvalue weighted by molar-refractivity contribution is 0.587. The maximum Gasteiger partial charge on any atom is 0.128 e. The van der Waals surface area contributed by atoms with Crippen LogP contribution in [0, 0.1) is 18.6 Å². The Kier molecular flexibility index (Phi) is 5.32. The highest BCUT2D eigenvalue weighted by Gasteiger charge is 2.10. The smallest absolute Gasteiger partial charge is 0.128 e. The van der Waals surface area contributed by atoms with E-state index in [2.05, 4.69) is 12.2 Å². The third-order valence-corrected chi connectivity index (χ3v) is 3.67. The summed E-state index contributed by atoms with van der Waals surface area (Å²) in [5, 5.41) is 3.45. The van der Waals surface area contributed by atoms with E-state index in [1.807, 2.05) is 6.07 Å². The molecule has 0 radical (unpaired) electrons. The molecule has 2 aromatic rings. The molecule has 0 saturated carbocycles. The summed E-state index contributed by atoms with van der Waals surface area (Å²) in [6.07, 6.45) is 1.00. The van der Waals surface area contributed by atoms with Crippen LogP contribution in [0.5, 0.6) is 0 Å². The molecule has 21 heavy (non-hydrogen) atoms. The van der Waals surface area contributed by atoms with Crippen LogP contribution in [0.1, 0.15) is 24.5 Å². The summed E-state index contributed by atoms with van der Waals surface area (Å²) in [6.45, 7) is 5.07. The van der Waals surface area contributed by atoms with E-state index >= 15 is 0 Å². The second-order valence-electron chi connectivity index (χ2n) is 5.06. The Morgan fingerprint density at radius 3 is 2.52 bits per heavy atom. The molecular formula is C17H18ClF2N. The van der Waals surface area contributed by atoms with Gasteiger partial charge in [0.15, 0.2) is 0 Å². The fourth-order valence-electron chi connectivity index (χ4n) is 2.14. The summed E-state index contributed by atoms with van der Waals surface area (Å²) in [4.78, 5) is 0. The number of rotatable bonds is 5. The Balaban J connectivity index is 2.30. The highest BCUT2D eigenvalue weighted by Crippen LogP contribution is 2.31. The van der Waals surface area contributed by atoms with E-state index in [-0.39, 0.29) is 16.7 Å². The monoisotopic (exact) mass is 309 g/mol. The van der Waals surface area contributed by atoms with Crippen molar-refractivity contribution in [2.45, 2.75) is 26.8 Å². The molecule has 0 spiro atoms. The van der Waals surface area contributed by atoms with Gasteiger partial charge >= 0.3 is 0 Å². The zero-order chi connectivity index (χ0) is 15.4. The molecule has 0 aliphatic rings. The van der Waals surface area contributed by atoms with Crippen LogP contribution in [0.2, 0.25) is 5.02 Å². The molecule has 0 aliphatic carbocycles. The summed E-state index contributed by atoms with van der Waals surface area (Å²) < 4.78 is 27.5. The van der Waals surface area contributed by atoms with Crippen LogP contribution >= 0.6 is 11.6 Å². The van der Waals surface area contributed by atoms with Gasteiger partial charge in [-0.2, -0.15) is 0 Å². The zero-order valence-electron chi connectivity index (χ0n) is 12.1. The molecule has 0 unspecified atom stereocenters. The minimum atomic E-state index is -0.357. The predicted octanol–water partition coefficient (Wildman–Crippen LogP) is 5.09. The first-order valence-corrected chi connectivity index (χ1v) is 7.36. The van der Waals surface area contributed by atoms with Crippen molar-refractivity contribution in [3.05, 3.63) is 58.1 Å². The lowest BCUT2D eigenvalue weighted by Crippen LogP contribution is -2.14. The summed E-state index contributed by atoms with van der Waals surface area (Å²) >= 11 is 6.06. The topological polar surface area (TPSA) is 12.0 Å². The second kappa shape index (κ2) is 7.01. The summed E-state index contributed by atoms with van der Waals surface area (Å²) in [5.41, 5.74) is 2.40. The van der Waals surface area contributed by atoms with Crippen LogP contribution in [-0.4, -0.2) is 6.54 Å². The molecule has 1 N–H and O–H groups in total. The first-order chi connectivity index (χ1) is 10.0. The molecule has 0 bridgehead atoms. The predicted molar refractivity (Wildman–Crippen MR) is 83.5 cm³/mol. The SMILES string of the molecule is CCCNCc1ccc(-c2cc(C)c(F)cc2Cl)cc1F. The maximum absolute atomic E-state index is 14.1. The second-order valence-corrected chi connectivity index (χ2v) is 5.47. The minimum absolute atomic E-state index is 0.283. The quantitative estimate of drug-likeness (QED) is 0.758. The zero-order valence-corrected chi connectivity index (χ0v) is 12.9. The fourth-order valence-corrected chi connectivity index (χ4v) is 2.40. The maximum atomic E-state index is 14.1. The van der Waals surface area contributed by atoms with E-state index in [0.717, 1.165) is 13.0 Å². The van der Waals surface area contributed by atoms with Crippen LogP contribution in [0.4, 0.5) is 8.78 Å². The third-order valence-electron chi connectivity index (χ3n) is 3.35. The molecule has 0 amide bonds. The lowest BCUT2D eigenvalue weighted by atomic mass is 10.0. The molecule has 0 fully saturated rings. The Morgan fingerprint density at radius 1 is 1.10 bits per heavy atom. The van der Waals surface area contributed by atoms with Gasteiger partial charge in [0.25, 0.3) is 0 Å². The van der Waals surface area contributed by atoms with Gasteiger partial charge in [-0.25, -0.2) is 8.78 Å². The van der Waals surface area contributed by atoms with E-state index in [1.165, 1.54) is 12.1 Å². The molecule has 112 valence electrons. The number of benzene rings is 2. The molecule has 2 aromatic carbocycles. The van der Waals surface area contributed by atoms with Gasteiger partial charge in [0.1, 0.15) is 11.6 Å². The van der Waals surface area contributed by atoms with Crippen molar-refractivity contribution in [2.75, 3.05) is 6.54 Å². The van der Waals surface area contributed by atoms with Crippen molar-refractivity contribution in [3.8, 4) is 11.1 Å². The van der Waals surface area contributed by atoms with Gasteiger partial charge in [0.05, 0.1) is 5.02 Å². The summed E-state index contributed by atoms with van der Waals surface area (Å²) in [7, 11) is 0. The summed E-state index contributed by atoms with van der Waals surface area (Å²) in [5.74, 6) is -0.640. The van der Waals surface area contributed by atoms with Gasteiger partial charge in [0.2, 0.25) is 0 Å². The molecule has 0 atom stereocenters. The minimum Gasteiger partial charge on any atom is -0.313 e. The van der Waals surface area contributed by atoms with Crippen LogP contribution in [-0.2, 0) is 6.54 Å². The van der Waals surface area contributed by atoms with Crippen LogP contribution in [0.15, 0.2) is 30.3 Å². The molecule has 0 saturated heterocycles. The van der Waals surface area contributed by atoms with E-state index in [4.69, 9.17) is 11.6 Å². The molecular weight excluding hydrogens is 292 g/mol. The van der Waals surface area contributed by atoms with Crippen molar-refractivity contribution in [2.24, 2.45) is 0 Å². The van der Waals surface area contributed by atoms with Gasteiger partial charge < -0.3 is 5.32 Å². The molecule has 4 heteroatoms. The average molecular weight is 310 g/mol. The summed E-state index contributed by atoms with van der Waals surface area (Å²) in [6, 6.07) is 7.90. The average Bonchev–Trinajstić information content (AvgIpc) is 2.45. The van der Waals surface area contributed by atoms with Gasteiger partial charge in [-0.3, -0.25) is 0 Å². The largest absolute Gasteiger partial charge is 0.313 e. The molecule has 0 heterocycles. The van der Waals surface area contributed by atoms with Crippen molar-refractivity contribution in [1.82, 2.24) is 5.32 Å². The van der Waals surface area contributed by atoms with E-state index in [9.17, 15) is 8.78 Å². The Hall–Kier alpha value is -1.45. The van der Waals surface area contributed by atoms with Crippen molar-refractivity contribution >= 4 is 11.6 Å². The number of hydrogen-bond acceptors (Lipinski definition) is 1. The van der Waals surface area contributed by atoms with Crippen molar-refractivity contribution in [1.29, 1.82) is 0 Å². The molecule has 0 aliphatic heterocycles. The van der Waals surface area contributed by atoms with Gasteiger partial charge in [0, 0.05) is 17.7 Å². The van der Waals surface area contributed by atoms with Crippen LogP contribution < -0.4 is 5.32 Å². The normalized spacial score (nSPS) is 10.9. The van der Waals surface area contributed by atoms with E-state index in [1.54, 1.807) is 19.1 Å². The van der Waals surface area contributed by atoms with Gasteiger partial charge in [-0.05, 0) is 49.2 Å². The van der Waals surface area contributed by atoms with Gasteiger partial charge in [-0.1, -0.05) is 30.7 Å². The number of aryl methyl sites for hydroxylation is 1. The van der Waals surface area contributed by atoms with Crippen LogP contribution in [0.3, 0.4) is 0 Å². The highest BCUT2D eigenvalue weighted by molar-refractivity contribution is 6.33. The molecule has 2 rings (SSSR count). The number of nitrogens with one attached hydrogen (secondary N) is 1. The first kappa shape index (κ1) is 15.9. The Labute approximate surface area is 128 Å². The third kappa shape index (κ3) is 3.80. The molecule has 1 nitrogen and oxygen atoms in total. The first-order valence-electron chi connectivity index (χ1n) is 6.98. The highest BCUT2D eigenvalue weighted by atomic mass is 35.5. The standard InChI is InChI=1S/C17H18ClF2N/c1-3-6-21-10-13-5-4-12(8-17(13)20)14-7-11(2)16(19)9-15(14)18/h4-5,7-9,21H,3,6,10H2,1-2H3. The Bertz CT molecular complexity index is 641. The lowest BCUT2D eigenvalue weighted by Gasteiger charge is -2.10. The van der Waals surface area contributed by atoms with Gasteiger partial charge in [-0.15, -0.1) is 0 Å². The number of hydrogen-bond donors (Lipinski definition) is 1. The van der Waals surface area contributed by atoms with E-state index < -0.39 is 0 Å². The van der Waals surface area contributed by atoms with Crippen LogP contribution in [0.25, 0.3) is 11.1 Å². The Morgan fingerprint density at radius 2 is 1.86 bits per heavy atom. The van der Waals surface area contributed by atoms with Crippen molar-refractivity contribution < 1.29 is 8.78 Å². The molecule has 0 aromatic heterocycles. The fraction of sp³-hybridized carbons (Fsp3) is 0.294. The van der Waals surface area contributed by atoms with Crippen molar-refractivity contribution in [3.63, 3.8) is 0 Å². The van der Waals surface area contributed by atoms with E-state index in [0.29, 0.717) is 28.8 Å².